The fourth-order valence-electron chi connectivity index (χ4n) is 2.80. The summed E-state index contributed by atoms with van der Waals surface area (Å²) in [6, 6.07) is 10.2. The number of thioether (sulfide) groups is 1. The van der Waals surface area contributed by atoms with Gasteiger partial charge in [0.2, 0.25) is 0 Å². The summed E-state index contributed by atoms with van der Waals surface area (Å²) in [4.78, 5) is 17.8. The molecule has 3 rings (SSSR count). The van der Waals surface area contributed by atoms with Gasteiger partial charge in [-0.05, 0) is 12.1 Å². The van der Waals surface area contributed by atoms with Crippen LogP contribution in [0, 0.1) is 0 Å². The second kappa shape index (κ2) is 9.70. The van der Waals surface area contributed by atoms with Crippen LogP contribution in [0.2, 0.25) is 0 Å². The molecule has 1 amide bonds. The molecule has 1 aromatic carbocycles. The van der Waals surface area contributed by atoms with Crippen LogP contribution in [0.3, 0.4) is 0 Å². The van der Waals surface area contributed by atoms with E-state index in [0.717, 1.165) is 45.0 Å². The monoisotopic (exact) mass is 374 g/mol. The third-order valence-corrected chi connectivity index (χ3v) is 5.39. The topological polar surface area (TPSA) is 66.3 Å². The Labute approximate surface area is 158 Å². The summed E-state index contributed by atoms with van der Waals surface area (Å²) in [6.45, 7) is 6.55. The second-order valence-electron chi connectivity index (χ2n) is 6.35. The number of rotatable bonds is 8. The van der Waals surface area contributed by atoms with Crippen molar-refractivity contribution in [2.45, 2.75) is 11.4 Å². The number of hydrogen-bond acceptors (Lipinski definition) is 6. The molecule has 0 spiro atoms. The standard InChI is InChI=1S/C18H26N6OS/c1-22(13-14-26-16-5-3-2-4-6-16)18(25)17-15-24(21-20-17)12-11-23-9-7-19-8-10-23/h2-6,15,19H,7-14H2,1H3. The van der Waals surface area contributed by atoms with E-state index in [1.807, 2.05) is 25.2 Å². The lowest BCUT2D eigenvalue weighted by molar-refractivity contribution is 0.0798. The minimum Gasteiger partial charge on any atom is -0.339 e. The predicted octanol–water partition coefficient (Wildman–Crippen LogP) is 1.05. The first kappa shape index (κ1) is 18.9. The van der Waals surface area contributed by atoms with E-state index in [9.17, 15) is 4.79 Å². The van der Waals surface area contributed by atoms with Crippen molar-refractivity contribution in [2.24, 2.45) is 0 Å². The minimum atomic E-state index is -0.0768. The number of aromatic nitrogens is 3. The van der Waals surface area contributed by atoms with Crippen LogP contribution in [0.4, 0.5) is 0 Å². The van der Waals surface area contributed by atoms with Crippen LogP contribution < -0.4 is 5.32 Å². The first-order valence-corrected chi connectivity index (χ1v) is 9.97. The summed E-state index contributed by atoms with van der Waals surface area (Å²) in [5.41, 5.74) is 0.414. The molecule has 1 aliphatic heterocycles. The van der Waals surface area contributed by atoms with Gasteiger partial charge in [0.15, 0.2) is 5.69 Å². The van der Waals surface area contributed by atoms with Crippen LogP contribution in [0.15, 0.2) is 41.4 Å². The molecule has 0 unspecified atom stereocenters. The molecule has 1 N–H and O–H groups in total. The summed E-state index contributed by atoms with van der Waals surface area (Å²) in [7, 11) is 1.81. The molecule has 1 aromatic heterocycles. The molecule has 26 heavy (non-hydrogen) atoms. The van der Waals surface area contributed by atoms with Crippen molar-refractivity contribution in [3.05, 3.63) is 42.2 Å². The van der Waals surface area contributed by atoms with Crippen LogP contribution in [0.5, 0.6) is 0 Å². The smallest absolute Gasteiger partial charge is 0.275 e. The van der Waals surface area contributed by atoms with Crippen molar-refractivity contribution in [2.75, 3.05) is 52.1 Å². The lowest BCUT2D eigenvalue weighted by Gasteiger charge is -2.26. The maximum Gasteiger partial charge on any atom is 0.275 e. The van der Waals surface area contributed by atoms with Gasteiger partial charge in [-0.2, -0.15) is 0 Å². The normalized spacial score (nSPS) is 15.1. The first-order chi connectivity index (χ1) is 12.7. The van der Waals surface area contributed by atoms with E-state index in [-0.39, 0.29) is 5.91 Å². The maximum absolute atomic E-state index is 12.5. The number of carbonyl (C=O) groups is 1. The Balaban J connectivity index is 1.42. The number of nitrogens with one attached hydrogen (secondary N) is 1. The lowest BCUT2D eigenvalue weighted by Crippen LogP contribution is -2.44. The molecule has 0 bridgehead atoms. The summed E-state index contributed by atoms with van der Waals surface area (Å²) >= 11 is 1.74. The quantitative estimate of drug-likeness (QED) is 0.697. The Morgan fingerprint density at radius 1 is 1.23 bits per heavy atom. The molecule has 0 aliphatic carbocycles. The Kier molecular flexibility index (Phi) is 7.04. The summed E-state index contributed by atoms with van der Waals surface area (Å²) in [6.07, 6.45) is 1.76. The number of benzene rings is 1. The molecule has 0 atom stereocenters. The maximum atomic E-state index is 12.5. The molecular weight excluding hydrogens is 348 g/mol. The van der Waals surface area contributed by atoms with Crippen molar-refractivity contribution in [1.29, 1.82) is 0 Å². The molecule has 1 fully saturated rings. The molecule has 7 nitrogen and oxygen atoms in total. The molecule has 1 aliphatic rings. The summed E-state index contributed by atoms with van der Waals surface area (Å²) in [5, 5.41) is 11.5. The van der Waals surface area contributed by atoms with E-state index in [1.165, 1.54) is 4.90 Å². The highest BCUT2D eigenvalue weighted by atomic mass is 32.2. The van der Waals surface area contributed by atoms with Crippen LogP contribution in [-0.4, -0.2) is 82.8 Å². The van der Waals surface area contributed by atoms with Gasteiger partial charge in [-0.15, -0.1) is 16.9 Å². The summed E-state index contributed by atoms with van der Waals surface area (Å²) < 4.78 is 1.77. The van der Waals surface area contributed by atoms with Crippen LogP contribution in [0.25, 0.3) is 0 Å². The lowest BCUT2D eigenvalue weighted by atomic mass is 10.3. The van der Waals surface area contributed by atoms with Gasteiger partial charge in [-0.1, -0.05) is 23.4 Å². The number of piperazine rings is 1. The number of amides is 1. The third-order valence-electron chi connectivity index (χ3n) is 4.40. The zero-order chi connectivity index (χ0) is 18.2. The van der Waals surface area contributed by atoms with E-state index in [1.54, 1.807) is 27.5 Å². The average Bonchev–Trinajstić information content (AvgIpc) is 3.16. The second-order valence-corrected chi connectivity index (χ2v) is 7.52. The first-order valence-electron chi connectivity index (χ1n) is 8.99. The van der Waals surface area contributed by atoms with Gasteiger partial charge in [0.05, 0.1) is 12.7 Å². The van der Waals surface area contributed by atoms with E-state index in [2.05, 4.69) is 32.7 Å². The molecule has 2 aromatic rings. The molecule has 0 saturated carbocycles. The van der Waals surface area contributed by atoms with Crippen molar-refractivity contribution in [3.8, 4) is 0 Å². The highest BCUT2D eigenvalue weighted by Crippen LogP contribution is 2.16. The molecule has 8 heteroatoms. The minimum absolute atomic E-state index is 0.0768. The fourth-order valence-corrected chi connectivity index (χ4v) is 3.75. The van der Waals surface area contributed by atoms with E-state index >= 15 is 0 Å². The van der Waals surface area contributed by atoms with Gasteiger partial charge in [0.1, 0.15) is 0 Å². The van der Waals surface area contributed by atoms with E-state index in [4.69, 9.17) is 0 Å². The van der Waals surface area contributed by atoms with Gasteiger partial charge in [-0.25, -0.2) is 0 Å². The molecule has 140 valence electrons. The van der Waals surface area contributed by atoms with Gasteiger partial charge in [-0.3, -0.25) is 14.4 Å². The van der Waals surface area contributed by atoms with Crippen molar-refractivity contribution in [3.63, 3.8) is 0 Å². The van der Waals surface area contributed by atoms with Crippen molar-refractivity contribution in [1.82, 2.24) is 30.1 Å². The Bertz CT molecular complexity index is 686. The Morgan fingerprint density at radius 3 is 2.77 bits per heavy atom. The van der Waals surface area contributed by atoms with Gasteiger partial charge >= 0.3 is 0 Å². The molecule has 2 heterocycles. The Morgan fingerprint density at radius 2 is 2.00 bits per heavy atom. The Hall–Kier alpha value is -1.90. The van der Waals surface area contributed by atoms with E-state index in [0.29, 0.717) is 12.2 Å². The number of carbonyl (C=O) groups excluding carboxylic acids is 1. The third kappa shape index (κ3) is 5.55. The largest absolute Gasteiger partial charge is 0.339 e. The average molecular weight is 375 g/mol. The molecule has 1 saturated heterocycles. The van der Waals surface area contributed by atoms with Crippen molar-refractivity contribution < 1.29 is 4.79 Å². The van der Waals surface area contributed by atoms with Crippen LogP contribution in [0.1, 0.15) is 10.5 Å². The molecule has 0 radical (unpaired) electrons. The SMILES string of the molecule is CN(CCSc1ccccc1)C(=O)c1cn(CCN2CCNCC2)nn1. The summed E-state index contributed by atoms with van der Waals surface area (Å²) in [5.74, 6) is 0.774. The van der Waals surface area contributed by atoms with E-state index < -0.39 is 0 Å². The highest BCUT2D eigenvalue weighted by Gasteiger charge is 2.16. The zero-order valence-corrected chi connectivity index (χ0v) is 16.0. The highest BCUT2D eigenvalue weighted by molar-refractivity contribution is 7.99. The van der Waals surface area contributed by atoms with Crippen LogP contribution in [-0.2, 0) is 6.54 Å². The van der Waals surface area contributed by atoms with Crippen LogP contribution >= 0.6 is 11.8 Å². The zero-order valence-electron chi connectivity index (χ0n) is 15.2. The van der Waals surface area contributed by atoms with Crippen molar-refractivity contribution >= 4 is 17.7 Å². The van der Waals surface area contributed by atoms with Gasteiger partial charge < -0.3 is 10.2 Å². The van der Waals surface area contributed by atoms with Gasteiger partial charge in [0, 0.05) is 57.0 Å². The number of nitrogens with zero attached hydrogens (tertiary/aromatic N) is 5. The fraction of sp³-hybridized carbons (Fsp3) is 0.500. The number of hydrogen-bond donors (Lipinski definition) is 1. The molecular formula is C18H26N6OS. The van der Waals surface area contributed by atoms with Gasteiger partial charge in [0.25, 0.3) is 5.91 Å². The predicted molar refractivity (Wildman–Crippen MR) is 103 cm³/mol.